The van der Waals surface area contributed by atoms with Gasteiger partial charge in [-0.2, -0.15) is 0 Å². The highest BCUT2D eigenvalue weighted by Crippen LogP contribution is 2.35. The standard InChI is InChI=1S/C17H17NO4/c19-10-7-8-16(21)13(9-10)17(22)18-14-5-1-4-12-11(14)3-2-6-15(12)20/h2-3,6-9,14,19-21H,1,4-5H2,(H,18,22). The number of nitrogens with one attached hydrogen (secondary N) is 1. The molecule has 3 rings (SSSR count). The molecule has 0 aliphatic heterocycles. The minimum absolute atomic E-state index is 0.0345. The molecule has 1 unspecified atom stereocenters. The summed E-state index contributed by atoms with van der Waals surface area (Å²) in [6, 6.07) is 8.91. The first-order valence-corrected chi connectivity index (χ1v) is 7.20. The lowest BCUT2D eigenvalue weighted by atomic mass is 9.87. The minimum Gasteiger partial charge on any atom is -0.508 e. The van der Waals surface area contributed by atoms with Gasteiger partial charge in [0.1, 0.15) is 17.2 Å². The molecule has 114 valence electrons. The van der Waals surface area contributed by atoms with Crippen LogP contribution in [0.4, 0.5) is 0 Å². The zero-order valence-electron chi connectivity index (χ0n) is 11.9. The van der Waals surface area contributed by atoms with Crippen LogP contribution in [0.5, 0.6) is 17.2 Å². The van der Waals surface area contributed by atoms with Gasteiger partial charge in [-0.1, -0.05) is 12.1 Å². The van der Waals surface area contributed by atoms with E-state index in [9.17, 15) is 20.1 Å². The molecule has 0 fully saturated rings. The fraction of sp³-hybridized carbons (Fsp3) is 0.235. The second kappa shape index (κ2) is 5.60. The Hall–Kier alpha value is -2.69. The van der Waals surface area contributed by atoms with Gasteiger partial charge < -0.3 is 20.6 Å². The van der Waals surface area contributed by atoms with Crippen LogP contribution in [0, 0.1) is 0 Å². The Morgan fingerprint density at radius 3 is 2.73 bits per heavy atom. The molecule has 1 atom stereocenters. The summed E-state index contributed by atoms with van der Waals surface area (Å²) in [7, 11) is 0. The Morgan fingerprint density at radius 1 is 1.09 bits per heavy atom. The van der Waals surface area contributed by atoms with Gasteiger partial charge in [0, 0.05) is 0 Å². The van der Waals surface area contributed by atoms with E-state index in [1.54, 1.807) is 12.1 Å². The second-order valence-electron chi connectivity index (χ2n) is 5.46. The molecule has 0 radical (unpaired) electrons. The number of aromatic hydroxyl groups is 3. The van der Waals surface area contributed by atoms with E-state index in [0.29, 0.717) is 0 Å². The van der Waals surface area contributed by atoms with Crippen molar-refractivity contribution in [1.29, 1.82) is 0 Å². The SMILES string of the molecule is O=C(NC1CCCc2c(O)cccc21)c1cc(O)ccc1O. The van der Waals surface area contributed by atoms with Gasteiger partial charge in [0.05, 0.1) is 11.6 Å². The molecule has 1 amide bonds. The summed E-state index contributed by atoms with van der Waals surface area (Å²) in [4.78, 5) is 12.3. The van der Waals surface area contributed by atoms with E-state index in [1.807, 2.05) is 6.07 Å². The summed E-state index contributed by atoms with van der Waals surface area (Å²) in [5.74, 6) is -0.460. The first kappa shape index (κ1) is 14.3. The van der Waals surface area contributed by atoms with Crippen LogP contribution in [0.3, 0.4) is 0 Å². The van der Waals surface area contributed by atoms with Gasteiger partial charge in [0.2, 0.25) is 0 Å². The quantitative estimate of drug-likeness (QED) is 0.642. The van der Waals surface area contributed by atoms with Crippen LogP contribution in [0.25, 0.3) is 0 Å². The summed E-state index contributed by atoms with van der Waals surface area (Å²) in [5.41, 5.74) is 1.80. The van der Waals surface area contributed by atoms with E-state index in [0.717, 1.165) is 30.4 Å². The van der Waals surface area contributed by atoms with Crippen molar-refractivity contribution in [2.45, 2.75) is 25.3 Å². The van der Waals surface area contributed by atoms with Crippen molar-refractivity contribution in [3.63, 3.8) is 0 Å². The number of phenolic OH excluding ortho intramolecular Hbond substituents is 3. The molecule has 0 aromatic heterocycles. The molecular weight excluding hydrogens is 282 g/mol. The predicted molar refractivity (Wildman–Crippen MR) is 81.0 cm³/mol. The first-order valence-electron chi connectivity index (χ1n) is 7.20. The maximum absolute atomic E-state index is 12.3. The highest BCUT2D eigenvalue weighted by Gasteiger charge is 2.25. The minimum atomic E-state index is -0.449. The van der Waals surface area contributed by atoms with E-state index < -0.39 is 5.91 Å². The van der Waals surface area contributed by atoms with Gasteiger partial charge in [-0.15, -0.1) is 0 Å². The van der Waals surface area contributed by atoms with Crippen molar-refractivity contribution in [1.82, 2.24) is 5.32 Å². The Balaban J connectivity index is 1.87. The molecule has 2 aromatic rings. The van der Waals surface area contributed by atoms with Crippen molar-refractivity contribution < 1.29 is 20.1 Å². The average molecular weight is 299 g/mol. The summed E-state index contributed by atoms with van der Waals surface area (Å²) < 4.78 is 0. The van der Waals surface area contributed by atoms with Crippen molar-refractivity contribution >= 4 is 5.91 Å². The largest absolute Gasteiger partial charge is 0.508 e. The van der Waals surface area contributed by atoms with Crippen LogP contribution in [-0.4, -0.2) is 21.2 Å². The summed E-state index contributed by atoms with van der Waals surface area (Å²) >= 11 is 0. The van der Waals surface area contributed by atoms with Gasteiger partial charge in [0.15, 0.2) is 0 Å². The van der Waals surface area contributed by atoms with Crippen LogP contribution >= 0.6 is 0 Å². The lowest BCUT2D eigenvalue weighted by Gasteiger charge is -2.27. The van der Waals surface area contributed by atoms with Crippen LogP contribution in [-0.2, 0) is 6.42 Å². The van der Waals surface area contributed by atoms with Gasteiger partial charge in [-0.05, 0) is 54.7 Å². The van der Waals surface area contributed by atoms with E-state index in [-0.39, 0.29) is 28.9 Å². The van der Waals surface area contributed by atoms with Crippen molar-refractivity contribution in [2.24, 2.45) is 0 Å². The number of hydrogen-bond acceptors (Lipinski definition) is 4. The third kappa shape index (κ3) is 2.57. The highest BCUT2D eigenvalue weighted by atomic mass is 16.3. The first-order chi connectivity index (χ1) is 10.6. The monoisotopic (exact) mass is 299 g/mol. The second-order valence-corrected chi connectivity index (χ2v) is 5.46. The molecule has 2 aromatic carbocycles. The van der Waals surface area contributed by atoms with Gasteiger partial charge in [-0.25, -0.2) is 0 Å². The maximum atomic E-state index is 12.3. The molecule has 4 N–H and O–H groups in total. The number of carbonyl (C=O) groups is 1. The van der Waals surface area contributed by atoms with Gasteiger partial charge in [-0.3, -0.25) is 4.79 Å². The topological polar surface area (TPSA) is 89.8 Å². The Kier molecular flexibility index (Phi) is 3.63. The normalized spacial score (nSPS) is 16.8. The molecule has 1 aliphatic carbocycles. The van der Waals surface area contributed by atoms with Gasteiger partial charge >= 0.3 is 0 Å². The number of benzene rings is 2. The van der Waals surface area contributed by atoms with E-state index >= 15 is 0 Å². The lowest BCUT2D eigenvalue weighted by Crippen LogP contribution is -2.31. The molecule has 5 heteroatoms. The summed E-state index contributed by atoms with van der Waals surface area (Å²) in [6.07, 6.45) is 2.41. The Labute approximate surface area is 127 Å². The zero-order valence-corrected chi connectivity index (χ0v) is 11.9. The molecule has 0 heterocycles. The lowest BCUT2D eigenvalue weighted by molar-refractivity contribution is 0.0929. The number of hydrogen-bond donors (Lipinski definition) is 4. The fourth-order valence-electron chi connectivity index (χ4n) is 2.92. The molecule has 5 nitrogen and oxygen atoms in total. The van der Waals surface area contributed by atoms with Crippen molar-refractivity contribution in [3.8, 4) is 17.2 Å². The van der Waals surface area contributed by atoms with Gasteiger partial charge in [0.25, 0.3) is 5.91 Å². The molecule has 0 bridgehead atoms. The molecule has 0 saturated heterocycles. The number of carbonyl (C=O) groups excluding carboxylic acids is 1. The molecule has 1 aliphatic rings. The molecule has 22 heavy (non-hydrogen) atoms. The molecule has 0 spiro atoms. The number of rotatable bonds is 2. The highest BCUT2D eigenvalue weighted by molar-refractivity contribution is 5.97. The third-order valence-electron chi connectivity index (χ3n) is 4.01. The fourth-order valence-corrected chi connectivity index (χ4v) is 2.92. The van der Waals surface area contributed by atoms with Crippen LogP contribution in [0.1, 0.15) is 40.4 Å². The Bertz CT molecular complexity index is 727. The van der Waals surface area contributed by atoms with Crippen LogP contribution < -0.4 is 5.32 Å². The summed E-state index contributed by atoms with van der Waals surface area (Å²) in [5, 5.41) is 32.0. The Morgan fingerprint density at radius 2 is 1.91 bits per heavy atom. The van der Waals surface area contributed by atoms with E-state index in [4.69, 9.17) is 0 Å². The molecule has 0 saturated carbocycles. The van der Waals surface area contributed by atoms with Crippen LogP contribution in [0.2, 0.25) is 0 Å². The number of amides is 1. The van der Waals surface area contributed by atoms with Crippen LogP contribution in [0.15, 0.2) is 36.4 Å². The maximum Gasteiger partial charge on any atom is 0.255 e. The number of phenols is 3. The van der Waals surface area contributed by atoms with Crippen molar-refractivity contribution in [3.05, 3.63) is 53.1 Å². The van der Waals surface area contributed by atoms with E-state index in [1.165, 1.54) is 18.2 Å². The number of fused-ring (bicyclic) bond motifs is 1. The summed E-state index contributed by atoms with van der Waals surface area (Å²) in [6.45, 7) is 0. The smallest absolute Gasteiger partial charge is 0.255 e. The molecular formula is C17H17NO4. The van der Waals surface area contributed by atoms with Crippen molar-refractivity contribution in [2.75, 3.05) is 0 Å². The zero-order chi connectivity index (χ0) is 15.7. The predicted octanol–water partition coefficient (Wildman–Crippen LogP) is 2.61. The van der Waals surface area contributed by atoms with E-state index in [2.05, 4.69) is 5.32 Å². The average Bonchev–Trinajstić information content (AvgIpc) is 2.50. The third-order valence-corrected chi connectivity index (χ3v) is 4.01.